The molecule has 0 radical (unpaired) electrons. The van der Waals surface area contributed by atoms with Gasteiger partial charge in [0.25, 0.3) is 0 Å². The van der Waals surface area contributed by atoms with Crippen molar-refractivity contribution in [2.24, 2.45) is 0 Å². The zero-order chi connectivity index (χ0) is 14.8. The van der Waals surface area contributed by atoms with E-state index in [1.165, 1.54) is 18.2 Å². The van der Waals surface area contributed by atoms with Crippen LogP contribution in [0.2, 0.25) is 0 Å². The summed E-state index contributed by atoms with van der Waals surface area (Å²) in [5.41, 5.74) is 6.60. The maximum atomic E-state index is 11.6. The van der Waals surface area contributed by atoms with Crippen LogP contribution in [0.25, 0.3) is 0 Å². The molecule has 0 spiro atoms. The molecule has 0 heterocycles. The fraction of sp³-hybridized carbons (Fsp3) is 0.417. The Morgan fingerprint density at radius 1 is 1.42 bits per heavy atom. The molecule has 4 N–H and O–H groups in total. The third-order valence-electron chi connectivity index (χ3n) is 3.01. The standard InChI is InChI=1S/C12H18N2O4S/c1-12(2,19(3,17)18)7-14-10-6-8(11(15)16)4-5-9(10)13/h4-6,14H,7,13H2,1-3H3,(H,15,16). The molecule has 0 saturated carbocycles. The average Bonchev–Trinajstić information content (AvgIpc) is 2.26. The smallest absolute Gasteiger partial charge is 0.335 e. The van der Waals surface area contributed by atoms with Gasteiger partial charge < -0.3 is 16.2 Å². The zero-order valence-corrected chi connectivity index (χ0v) is 11.9. The SMILES string of the molecule is CC(C)(CNc1cc(C(=O)O)ccc1N)S(C)(=O)=O. The highest BCUT2D eigenvalue weighted by molar-refractivity contribution is 7.92. The molecule has 0 unspecified atom stereocenters. The Kier molecular flexibility index (Phi) is 4.09. The van der Waals surface area contributed by atoms with Crippen LogP contribution in [0.15, 0.2) is 18.2 Å². The topological polar surface area (TPSA) is 109 Å². The second kappa shape index (κ2) is 5.08. The van der Waals surface area contributed by atoms with Crippen LogP contribution in [-0.4, -0.2) is 37.0 Å². The average molecular weight is 286 g/mol. The maximum absolute atomic E-state index is 11.6. The highest BCUT2D eigenvalue weighted by Crippen LogP contribution is 2.22. The quantitative estimate of drug-likeness (QED) is 0.702. The minimum atomic E-state index is -3.23. The van der Waals surface area contributed by atoms with Gasteiger partial charge in [-0.3, -0.25) is 0 Å². The lowest BCUT2D eigenvalue weighted by Gasteiger charge is -2.24. The van der Waals surface area contributed by atoms with E-state index < -0.39 is 20.6 Å². The Morgan fingerprint density at radius 2 is 2.00 bits per heavy atom. The van der Waals surface area contributed by atoms with Crippen molar-refractivity contribution in [3.63, 3.8) is 0 Å². The van der Waals surface area contributed by atoms with Gasteiger partial charge in [0.15, 0.2) is 9.84 Å². The lowest BCUT2D eigenvalue weighted by atomic mass is 10.1. The molecule has 6 nitrogen and oxygen atoms in total. The van der Waals surface area contributed by atoms with Crippen LogP contribution in [0.4, 0.5) is 11.4 Å². The molecule has 0 bridgehead atoms. The number of benzene rings is 1. The summed E-state index contributed by atoms with van der Waals surface area (Å²) in [6.45, 7) is 3.32. The first-order chi connectivity index (χ1) is 8.54. The first-order valence-electron chi connectivity index (χ1n) is 5.61. The third-order valence-corrected chi connectivity index (χ3v) is 5.16. The van der Waals surface area contributed by atoms with Crippen LogP contribution in [0.5, 0.6) is 0 Å². The van der Waals surface area contributed by atoms with Crippen LogP contribution in [0.3, 0.4) is 0 Å². The summed E-state index contributed by atoms with van der Waals surface area (Å²) >= 11 is 0. The van der Waals surface area contributed by atoms with Crippen molar-refractivity contribution >= 4 is 27.2 Å². The number of nitrogens with two attached hydrogens (primary N) is 1. The van der Waals surface area contributed by atoms with Gasteiger partial charge in [-0.1, -0.05) is 0 Å². The van der Waals surface area contributed by atoms with E-state index >= 15 is 0 Å². The predicted octanol–water partition coefficient (Wildman–Crippen LogP) is 1.20. The summed E-state index contributed by atoms with van der Waals surface area (Å²) in [5.74, 6) is -1.06. The zero-order valence-electron chi connectivity index (χ0n) is 11.1. The van der Waals surface area contributed by atoms with Gasteiger partial charge in [0, 0.05) is 12.8 Å². The molecule has 0 aliphatic heterocycles. The van der Waals surface area contributed by atoms with Crippen molar-refractivity contribution in [3.8, 4) is 0 Å². The number of nitrogen functional groups attached to an aromatic ring is 1. The van der Waals surface area contributed by atoms with Gasteiger partial charge in [0.1, 0.15) is 0 Å². The minimum absolute atomic E-state index is 0.0915. The largest absolute Gasteiger partial charge is 0.478 e. The van der Waals surface area contributed by atoms with E-state index in [0.717, 1.165) is 6.26 Å². The number of rotatable bonds is 5. The molecule has 19 heavy (non-hydrogen) atoms. The molecule has 0 atom stereocenters. The Labute approximate surface area is 112 Å². The molecule has 1 rings (SSSR count). The van der Waals surface area contributed by atoms with Crippen LogP contribution in [0.1, 0.15) is 24.2 Å². The molecular formula is C12H18N2O4S. The van der Waals surface area contributed by atoms with Crippen molar-refractivity contribution in [3.05, 3.63) is 23.8 Å². The molecule has 0 amide bonds. The van der Waals surface area contributed by atoms with Gasteiger partial charge in [-0.15, -0.1) is 0 Å². The van der Waals surface area contributed by atoms with Crippen molar-refractivity contribution in [2.45, 2.75) is 18.6 Å². The van der Waals surface area contributed by atoms with Crippen molar-refractivity contribution in [1.29, 1.82) is 0 Å². The van der Waals surface area contributed by atoms with Gasteiger partial charge in [-0.05, 0) is 32.0 Å². The molecule has 106 valence electrons. The minimum Gasteiger partial charge on any atom is -0.478 e. The van der Waals surface area contributed by atoms with E-state index in [1.54, 1.807) is 13.8 Å². The number of aromatic carboxylic acids is 1. The predicted molar refractivity (Wildman–Crippen MR) is 75.2 cm³/mol. The Morgan fingerprint density at radius 3 is 2.47 bits per heavy atom. The molecule has 7 heteroatoms. The molecular weight excluding hydrogens is 268 g/mol. The summed E-state index contributed by atoms with van der Waals surface area (Å²) in [4.78, 5) is 10.9. The number of sulfone groups is 1. The van der Waals surface area contributed by atoms with E-state index in [9.17, 15) is 13.2 Å². The Bertz CT molecular complexity index is 594. The number of carbonyl (C=O) groups is 1. The Hall–Kier alpha value is -1.76. The van der Waals surface area contributed by atoms with E-state index in [2.05, 4.69) is 5.32 Å². The molecule has 0 saturated heterocycles. The summed E-state index contributed by atoms with van der Waals surface area (Å²) in [5, 5.41) is 11.8. The lowest BCUT2D eigenvalue weighted by Crippen LogP contribution is -2.38. The van der Waals surface area contributed by atoms with E-state index in [4.69, 9.17) is 10.8 Å². The highest BCUT2D eigenvalue weighted by Gasteiger charge is 2.30. The third kappa shape index (κ3) is 3.60. The summed E-state index contributed by atoms with van der Waals surface area (Å²) in [6, 6.07) is 4.25. The van der Waals surface area contributed by atoms with Crippen LogP contribution in [-0.2, 0) is 9.84 Å². The van der Waals surface area contributed by atoms with Crippen LogP contribution >= 0.6 is 0 Å². The summed E-state index contributed by atoms with van der Waals surface area (Å²) in [7, 11) is -3.23. The number of anilines is 2. The second-order valence-corrected chi connectivity index (χ2v) is 7.64. The Balaban J connectivity index is 2.95. The van der Waals surface area contributed by atoms with Crippen molar-refractivity contribution in [2.75, 3.05) is 23.9 Å². The molecule has 0 fully saturated rings. The van der Waals surface area contributed by atoms with Crippen LogP contribution in [0, 0.1) is 0 Å². The van der Waals surface area contributed by atoms with Gasteiger partial charge in [0.2, 0.25) is 0 Å². The van der Waals surface area contributed by atoms with Gasteiger partial charge in [-0.25, -0.2) is 13.2 Å². The second-order valence-electron chi connectivity index (χ2n) is 4.99. The molecule has 1 aromatic carbocycles. The first kappa shape index (κ1) is 15.3. The summed E-state index contributed by atoms with van der Waals surface area (Å²) < 4.78 is 22.2. The molecule has 1 aromatic rings. The van der Waals surface area contributed by atoms with Gasteiger partial charge >= 0.3 is 5.97 Å². The monoisotopic (exact) mass is 286 g/mol. The highest BCUT2D eigenvalue weighted by atomic mass is 32.2. The van der Waals surface area contributed by atoms with E-state index in [0.29, 0.717) is 11.4 Å². The molecule has 0 aliphatic carbocycles. The van der Waals surface area contributed by atoms with E-state index in [-0.39, 0.29) is 12.1 Å². The first-order valence-corrected chi connectivity index (χ1v) is 7.50. The van der Waals surface area contributed by atoms with Gasteiger partial charge in [0.05, 0.1) is 21.7 Å². The molecule has 0 aromatic heterocycles. The molecule has 0 aliphatic rings. The fourth-order valence-corrected chi connectivity index (χ4v) is 1.62. The number of carboxylic acid groups (broad SMARTS) is 1. The lowest BCUT2D eigenvalue weighted by molar-refractivity contribution is 0.0697. The van der Waals surface area contributed by atoms with Crippen molar-refractivity contribution in [1.82, 2.24) is 0 Å². The number of nitrogens with one attached hydrogen (secondary N) is 1. The fourth-order valence-electron chi connectivity index (χ4n) is 1.28. The van der Waals surface area contributed by atoms with Gasteiger partial charge in [-0.2, -0.15) is 0 Å². The number of hydrogen-bond acceptors (Lipinski definition) is 5. The summed E-state index contributed by atoms with van der Waals surface area (Å²) in [6.07, 6.45) is 1.16. The normalized spacial score (nSPS) is 12.2. The number of carboxylic acids is 1. The number of hydrogen-bond donors (Lipinski definition) is 3. The van der Waals surface area contributed by atoms with E-state index in [1.807, 2.05) is 0 Å². The van der Waals surface area contributed by atoms with Crippen LogP contribution < -0.4 is 11.1 Å². The van der Waals surface area contributed by atoms with Crippen molar-refractivity contribution < 1.29 is 18.3 Å². The maximum Gasteiger partial charge on any atom is 0.335 e.